The van der Waals surface area contributed by atoms with Crippen molar-refractivity contribution in [2.75, 3.05) is 0 Å². The lowest BCUT2D eigenvalue weighted by Crippen LogP contribution is -2.22. The van der Waals surface area contributed by atoms with Crippen molar-refractivity contribution in [2.45, 2.75) is 103 Å². The highest BCUT2D eigenvalue weighted by Crippen LogP contribution is 2.39. The number of hydrogen-bond donors (Lipinski definition) is 1. The van der Waals surface area contributed by atoms with E-state index in [9.17, 15) is 14.7 Å². The van der Waals surface area contributed by atoms with E-state index in [0.717, 1.165) is 62.5 Å². The van der Waals surface area contributed by atoms with Crippen LogP contribution in [0.5, 0.6) is 0 Å². The van der Waals surface area contributed by atoms with E-state index in [-0.39, 0.29) is 29.7 Å². The minimum Gasteiger partial charge on any atom is -0.461 e. The molecule has 5 nitrogen and oxygen atoms in total. The topological polar surface area (TPSA) is 72.8 Å². The van der Waals surface area contributed by atoms with Gasteiger partial charge >= 0.3 is 5.97 Å². The monoisotopic (exact) mass is 534 g/mol. The highest BCUT2D eigenvalue weighted by molar-refractivity contribution is 5.89. The largest absolute Gasteiger partial charge is 0.461 e. The summed E-state index contributed by atoms with van der Waals surface area (Å²) in [6.07, 6.45) is 12.5. The van der Waals surface area contributed by atoms with Crippen molar-refractivity contribution in [2.24, 2.45) is 11.8 Å². The Hall–Kier alpha value is -2.76. The Morgan fingerprint density at radius 3 is 2.18 bits per heavy atom. The normalized spacial score (nSPS) is 20.9. The molecule has 0 spiro atoms. The van der Waals surface area contributed by atoms with Gasteiger partial charge in [0.05, 0.1) is 18.8 Å². The van der Waals surface area contributed by atoms with Gasteiger partial charge in [-0.1, -0.05) is 106 Å². The summed E-state index contributed by atoms with van der Waals surface area (Å²) >= 11 is 0. The van der Waals surface area contributed by atoms with Crippen molar-refractivity contribution >= 4 is 11.8 Å². The van der Waals surface area contributed by atoms with Gasteiger partial charge in [-0.05, 0) is 42.4 Å². The second-order valence-corrected chi connectivity index (χ2v) is 10.8. The smallest absolute Gasteiger partial charge is 0.306 e. The molecule has 0 saturated heterocycles. The van der Waals surface area contributed by atoms with E-state index in [1.54, 1.807) is 6.08 Å². The van der Waals surface area contributed by atoms with Crippen LogP contribution < -0.4 is 0 Å². The molecule has 5 heteroatoms. The maximum Gasteiger partial charge on any atom is 0.306 e. The van der Waals surface area contributed by atoms with Gasteiger partial charge in [-0.3, -0.25) is 9.59 Å². The number of allylic oxidation sites excluding steroid dienone is 1. The van der Waals surface area contributed by atoms with Crippen LogP contribution in [0.15, 0.2) is 72.8 Å². The Bertz CT molecular complexity index is 987. The zero-order valence-electron chi connectivity index (χ0n) is 23.5. The minimum absolute atomic E-state index is 0.0202. The van der Waals surface area contributed by atoms with Crippen molar-refractivity contribution in [1.29, 1.82) is 0 Å². The van der Waals surface area contributed by atoms with Crippen molar-refractivity contribution in [1.82, 2.24) is 0 Å². The molecule has 1 aliphatic carbocycles. The van der Waals surface area contributed by atoms with Crippen LogP contribution in [-0.4, -0.2) is 29.1 Å². The summed E-state index contributed by atoms with van der Waals surface area (Å²) in [4.78, 5) is 24.5. The summed E-state index contributed by atoms with van der Waals surface area (Å²) in [5.41, 5.74) is 2.11. The first-order valence-electron chi connectivity index (χ1n) is 14.8. The van der Waals surface area contributed by atoms with Crippen molar-refractivity contribution < 1.29 is 24.2 Å². The molecule has 0 heterocycles. The molecule has 0 bridgehead atoms. The van der Waals surface area contributed by atoms with Crippen LogP contribution in [0.1, 0.15) is 88.7 Å². The second-order valence-electron chi connectivity index (χ2n) is 10.8. The van der Waals surface area contributed by atoms with Gasteiger partial charge in [0.25, 0.3) is 0 Å². The summed E-state index contributed by atoms with van der Waals surface area (Å²) in [7, 11) is 0. The first-order valence-corrected chi connectivity index (χ1v) is 14.8. The van der Waals surface area contributed by atoms with Crippen LogP contribution in [0.2, 0.25) is 0 Å². The number of ketones is 1. The second kappa shape index (κ2) is 17.8. The lowest BCUT2D eigenvalue weighted by Gasteiger charge is -2.23. The van der Waals surface area contributed by atoms with E-state index in [0.29, 0.717) is 32.5 Å². The molecule has 0 aliphatic heterocycles. The van der Waals surface area contributed by atoms with Gasteiger partial charge in [0.15, 0.2) is 5.78 Å². The quantitative estimate of drug-likeness (QED) is 0.123. The van der Waals surface area contributed by atoms with E-state index in [4.69, 9.17) is 9.47 Å². The maximum atomic E-state index is 12.4. The molecule has 1 N–H and O–H groups in total. The molecule has 1 aliphatic rings. The van der Waals surface area contributed by atoms with Crippen LogP contribution in [-0.2, 0) is 32.3 Å². The fourth-order valence-corrected chi connectivity index (χ4v) is 5.37. The Labute approximate surface area is 234 Å². The van der Waals surface area contributed by atoms with Crippen LogP contribution in [0.25, 0.3) is 0 Å². The molecule has 3 rings (SSSR count). The first-order chi connectivity index (χ1) is 19.1. The van der Waals surface area contributed by atoms with Gasteiger partial charge in [0.1, 0.15) is 6.61 Å². The van der Waals surface area contributed by atoms with Crippen LogP contribution in [0.3, 0.4) is 0 Å². The number of aliphatic hydroxyl groups is 1. The summed E-state index contributed by atoms with van der Waals surface area (Å²) < 4.78 is 11.7. The molecular weight excluding hydrogens is 488 g/mol. The fraction of sp³-hybridized carbons (Fsp3) is 0.529. The molecule has 1 fully saturated rings. The molecule has 1 saturated carbocycles. The van der Waals surface area contributed by atoms with Crippen LogP contribution in [0, 0.1) is 11.8 Å². The third kappa shape index (κ3) is 11.5. The van der Waals surface area contributed by atoms with Gasteiger partial charge in [-0.2, -0.15) is 0 Å². The summed E-state index contributed by atoms with van der Waals surface area (Å²) in [5, 5.41) is 10.9. The molecule has 4 atom stereocenters. The predicted molar refractivity (Wildman–Crippen MR) is 155 cm³/mol. The SMILES string of the molecule is CCCCCC(=O)/C=C/[C@@H]1[C@@H](CCCCCCC(=O)OCc2ccccc2)[C@@H](O)C[C@H]1OCc1ccccc1. The average molecular weight is 535 g/mol. The highest BCUT2D eigenvalue weighted by Gasteiger charge is 2.41. The van der Waals surface area contributed by atoms with Gasteiger partial charge in [-0.25, -0.2) is 0 Å². The van der Waals surface area contributed by atoms with Gasteiger partial charge < -0.3 is 14.6 Å². The number of rotatable bonds is 18. The summed E-state index contributed by atoms with van der Waals surface area (Å²) in [6.45, 7) is 2.96. The molecule has 0 radical (unpaired) electrons. The number of carbonyl (C=O) groups is 2. The number of hydrogen-bond acceptors (Lipinski definition) is 5. The number of ether oxygens (including phenoxy) is 2. The van der Waals surface area contributed by atoms with E-state index in [1.807, 2.05) is 66.7 Å². The Morgan fingerprint density at radius 1 is 0.846 bits per heavy atom. The third-order valence-corrected chi connectivity index (χ3v) is 7.64. The molecule has 0 amide bonds. The zero-order chi connectivity index (χ0) is 27.7. The fourth-order valence-electron chi connectivity index (χ4n) is 5.37. The third-order valence-electron chi connectivity index (χ3n) is 7.64. The van der Waals surface area contributed by atoms with E-state index in [1.165, 1.54) is 0 Å². The molecule has 2 aromatic rings. The van der Waals surface area contributed by atoms with E-state index < -0.39 is 6.10 Å². The number of unbranched alkanes of at least 4 members (excludes halogenated alkanes) is 5. The lowest BCUT2D eigenvalue weighted by atomic mass is 9.87. The lowest BCUT2D eigenvalue weighted by molar-refractivity contribution is -0.145. The Morgan fingerprint density at radius 2 is 1.49 bits per heavy atom. The number of benzene rings is 2. The van der Waals surface area contributed by atoms with Crippen molar-refractivity contribution in [3.63, 3.8) is 0 Å². The highest BCUT2D eigenvalue weighted by atomic mass is 16.5. The standard InChI is InChI=1S/C34H46O5/c1-2-3-8-19-29(35)22-23-31-30(32(36)24-33(31)38-25-27-15-9-6-10-16-27)20-13-4-5-14-21-34(37)39-26-28-17-11-7-12-18-28/h6-7,9-12,15-18,22-23,30-33,36H,2-5,8,13-14,19-21,24-26H2,1H3/b23-22+/t30-,31-,32+,33-/m1/s1. The van der Waals surface area contributed by atoms with Crippen molar-refractivity contribution in [3.8, 4) is 0 Å². The summed E-state index contributed by atoms with van der Waals surface area (Å²) in [5.74, 6) is 0.0925. The van der Waals surface area contributed by atoms with Gasteiger partial charge in [0.2, 0.25) is 0 Å². The average Bonchev–Trinajstić information content (AvgIpc) is 3.26. The van der Waals surface area contributed by atoms with E-state index in [2.05, 4.69) is 6.92 Å². The van der Waals surface area contributed by atoms with Crippen LogP contribution >= 0.6 is 0 Å². The molecule has 212 valence electrons. The summed E-state index contributed by atoms with van der Waals surface area (Å²) in [6, 6.07) is 19.8. The van der Waals surface area contributed by atoms with Crippen molar-refractivity contribution in [3.05, 3.63) is 83.9 Å². The Balaban J connectivity index is 1.44. The maximum absolute atomic E-state index is 12.4. The molecule has 2 aromatic carbocycles. The van der Waals surface area contributed by atoms with E-state index >= 15 is 0 Å². The Kier molecular flexibility index (Phi) is 14.0. The molecular formula is C34H46O5. The van der Waals surface area contributed by atoms with Gasteiger partial charge in [0, 0.05) is 25.2 Å². The molecule has 0 unspecified atom stereocenters. The minimum atomic E-state index is -0.441. The zero-order valence-corrected chi connectivity index (χ0v) is 23.5. The molecule has 39 heavy (non-hydrogen) atoms. The number of esters is 1. The predicted octanol–water partition coefficient (Wildman–Crippen LogP) is 7.36. The number of aliphatic hydroxyl groups excluding tert-OH is 1. The molecule has 0 aromatic heterocycles. The van der Waals surface area contributed by atoms with Crippen LogP contribution in [0.4, 0.5) is 0 Å². The van der Waals surface area contributed by atoms with Gasteiger partial charge in [-0.15, -0.1) is 0 Å². The first kappa shape index (κ1) is 30.8. The number of carbonyl (C=O) groups excluding carboxylic acids is 2.